The van der Waals surface area contributed by atoms with Crippen molar-refractivity contribution >= 4 is 33.6 Å². The molecule has 3 nitrogen and oxygen atoms in total. The molecule has 1 amide bonds. The fourth-order valence-corrected chi connectivity index (χ4v) is 4.46. The van der Waals surface area contributed by atoms with Crippen LogP contribution in [0.5, 0.6) is 0 Å². The molecule has 1 aliphatic carbocycles. The Labute approximate surface area is 177 Å². The number of hydrogen-bond donors (Lipinski definition) is 1. The van der Waals surface area contributed by atoms with Crippen LogP contribution in [0, 0.1) is 0 Å². The Balaban J connectivity index is 1.55. The van der Waals surface area contributed by atoms with E-state index in [4.69, 9.17) is 0 Å². The first kappa shape index (κ1) is 20.8. The number of benzene rings is 2. The van der Waals surface area contributed by atoms with Crippen LogP contribution < -0.4 is 5.32 Å². The van der Waals surface area contributed by atoms with E-state index in [2.05, 4.69) is 47.5 Å². The minimum Gasteiger partial charge on any atom is -0.323 e. The molecule has 0 bridgehead atoms. The van der Waals surface area contributed by atoms with E-state index in [-0.39, 0.29) is 5.91 Å². The van der Waals surface area contributed by atoms with Crippen LogP contribution in [0.4, 0.5) is 5.69 Å². The van der Waals surface area contributed by atoms with Gasteiger partial charge in [-0.3, -0.25) is 4.79 Å². The van der Waals surface area contributed by atoms with Crippen LogP contribution in [0.1, 0.15) is 43.2 Å². The van der Waals surface area contributed by atoms with Crippen molar-refractivity contribution in [1.29, 1.82) is 0 Å². The van der Waals surface area contributed by atoms with Gasteiger partial charge in [-0.05, 0) is 61.6 Å². The van der Waals surface area contributed by atoms with Gasteiger partial charge in [0.1, 0.15) is 6.54 Å². The van der Waals surface area contributed by atoms with Crippen molar-refractivity contribution in [3.63, 3.8) is 0 Å². The van der Waals surface area contributed by atoms with Gasteiger partial charge < -0.3 is 9.80 Å². The van der Waals surface area contributed by atoms with E-state index in [0.717, 1.165) is 32.8 Å². The molecule has 2 aromatic rings. The maximum absolute atomic E-state index is 12.2. The molecule has 0 spiro atoms. The molecule has 0 atom stereocenters. The summed E-state index contributed by atoms with van der Waals surface area (Å²) >= 11 is 3.44. The van der Waals surface area contributed by atoms with Crippen LogP contribution in [0.3, 0.4) is 0 Å². The normalized spacial score (nSPS) is 15.7. The number of nitrogens with zero attached hydrogens (tertiary/aromatic N) is 1. The minimum absolute atomic E-state index is 0.119. The lowest BCUT2D eigenvalue weighted by Gasteiger charge is -2.40. The Kier molecular flexibility index (Phi) is 7.08. The van der Waals surface area contributed by atoms with Crippen LogP contribution in [0.15, 0.2) is 59.1 Å². The standard InChI is InChI=1S/C24H29BrN2O/c1-27(2,23-9-4-3-5-10-23)18-20-11-14-22(15-12-20)26-24(28)16-13-19-7-6-8-21(25)17-19/h6-8,11-17,23H,3-5,9-10,18H2,1-2H3/p+1/b16-13+. The smallest absolute Gasteiger partial charge is 0.248 e. The quantitative estimate of drug-likeness (QED) is 0.431. The second-order valence-electron chi connectivity index (χ2n) is 8.30. The molecule has 148 valence electrons. The van der Waals surface area contributed by atoms with Crippen molar-refractivity contribution in [2.24, 2.45) is 0 Å². The Hall–Kier alpha value is -1.91. The molecule has 1 N–H and O–H groups in total. The summed E-state index contributed by atoms with van der Waals surface area (Å²) < 4.78 is 2.04. The lowest BCUT2D eigenvalue weighted by Crippen LogP contribution is -2.48. The van der Waals surface area contributed by atoms with Gasteiger partial charge in [0.05, 0.1) is 20.1 Å². The van der Waals surface area contributed by atoms with E-state index in [1.54, 1.807) is 6.08 Å². The van der Waals surface area contributed by atoms with Gasteiger partial charge in [0.15, 0.2) is 0 Å². The number of quaternary nitrogens is 1. The summed E-state index contributed by atoms with van der Waals surface area (Å²) in [4.78, 5) is 12.2. The Bertz CT molecular complexity index is 821. The van der Waals surface area contributed by atoms with Crippen molar-refractivity contribution in [2.45, 2.75) is 44.7 Å². The van der Waals surface area contributed by atoms with E-state index in [9.17, 15) is 4.79 Å². The molecule has 0 unspecified atom stereocenters. The molecule has 1 aliphatic rings. The highest BCUT2D eigenvalue weighted by molar-refractivity contribution is 9.10. The van der Waals surface area contributed by atoms with E-state index >= 15 is 0 Å². The van der Waals surface area contributed by atoms with Gasteiger partial charge in [0.2, 0.25) is 5.91 Å². The fraction of sp³-hybridized carbons (Fsp3) is 0.375. The van der Waals surface area contributed by atoms with Gasteiger partial charge in [-0.25, -0.2) is 0 Å². The van der Waals surface area contributed by atoms with E-state index in [0.29, 0.717) is 0 Å². The molecular weight excluding hydrogens is 412 g/mol. The van der Waals surface area contributed by atoms with Gasteiger partial charge in [-0.15, -0.1) is 0 Å². The molecule has 0 aliphatic heterocycles. The molecule has 0 heterocycles. The zero-order valence-electron chi connectivity index (χ0n) is 16.8. The topological polar surface area (TPSA) is 29.1 Å². The number of anilines is 1. The first-order valence-electron chi connectivity index (χ1n) is 10.1. The van der Waals surface area contributed by atoms with Crippen LogP contribution in [-0.2, 0) is 11.3 Å². The van der Waals surface area contributed by atoms with Gasteiger partial charge in [0, 0.05) is 21.8 Å². The summed E-state index contributed by atoms with van der Waals surface area (Å²) in [6, 6.07) is 16.9. The zero-order valence-corrected chi connectivity index (χ0v) is 18.4. The molecule has 3 rings (SSSR count). The number of carbonyl (C=O) groups is 1. The Morgan fingerprint density at radius 2 is 1.82 bits per heavy atom. The van der Waals surface area contributed by atoms with Crippen molar-refractivity contribution < 1.29 is 9.28 Å². The van der Waals surface area contributed by atoms with Gasteiger partial charge >= 0.3 is 0 Å². The molecule has 0 radical (unpaired) electrons. The highest BCUT2D eigenvalue weighted by Crippen LogP contribution is 2.27. The largest absolute Gasteiger partial charge is 0.323 e. The molecule has 28 heavy (non-hydrogen) atoms. The minimum atomic E-state index is -0.119. The second kappa shape index (κ2) is 9.53. The lowest BCUT2D eigenvalue weighted by molar-refractivity contribution is -0.929. The lowest BCUT2D eigenvalue weighted by atomic mass is 9.92. The third-order valence-corrected chi connectivity index (χ3v) is 6.14. The summed E-state index contributed by atoms with van der Waals surface area (Å²) in [5, 5.41) is 2.94. The van der Waals surface area contributed by atoms with E-state index in [1.165, 1.54) is 37.7 Å². The molecule has 0 aromatic heterocycles. The Morgan fingerprint density at radius 1 is 1.11 bits per heavy atom. The summed E-state index contributed by atoms with van der Waals surface area (Å²) in [5.74, 6) is -0.119. The summed E-state index contributed by atoms with van der Waals surface area (Å²) in [6.07, 6.45) is 10.2. The number of rotatable bonds is 6. The highest BCUT2D eigenvalue weighted by atomic mass is 79.9. The van der Waals surface area contributed by atoms with Crippen molar-refractivity contribution in [3.05, 3.63) is 70.2 Å². The average Bonchev–Trinajstić information content (AvgIpc) is 2.68. The SMILES string of the molecule is C[N+](C)(Cc1ccc(NC(=O)/C=C/c2cccc(Br)c2)cc1)C1CCCCC1. The molecule has 2 aromatic carbocycles. The van der Waals surface area contributed by atoms with E-state index < -0.39 is 0 Å². The van der Waals surface area contributed by atoms with Crippen LogP contribution in [0.25, 0.3) is 6.08 Å². The Morgan fingerprint density at radius 3 is 2.50 bits per heavy atom. The van der Waals surface area contributed by atoms with Crippen molar-refractivity contribution in [3.8, 4) is 0 Å². The molecular formula is C24H30BrN2O+. The number of halogens is 1. The monoisotopic (exact) mass is 441 g/mol. The molecule has 1 fully saturated rings. The van der Waals surface area contributed by atoms with Gasteiger partial charge in [-0.2, -0.15) is 0 Å². The average molecular weight is 442 g/mol. The third kappa shape index (κ3) is 6.05. The predicted octanol–water partition coefficient (Wildman–Crippen LogP) is 6.01. The highest BCUT2D eigenvalue weighted by Gasteiger charge is 2.29. The van der Waals surface area contributed by atoms with Gasteiger partial charge in [0.25, 0.3) is 0 Å². The van der Waals surface area contributed by atoms with Crippen LogP contribution in [0.2, 0.25) is 0 Å². The first-order chi connectivity index (χ1) is 13.4. The summed E-state index contributed by atoms with van der Waals surface area (Å²) in [6.45, 7) is 1.03. The number of carbonyl (C=O) groups excluding carboxylic acids is 1. The van der Waals surface area contributed by atoms with Crippen LogP contribution in [-0.4, -0.2) is 30.5 Å². The fourth-order valence-electron chi connectivity index (χ4n) is 4.04. The van der Waals surface area contributed by atoms with Crippen molar-refractivity contribution in [1.82, 2.24) is 0 Å². The van der Waals surface area contributed by atoms with Crippen molar-refractivity contribution in [2.75, 3.05) is 19.4 Å². The van der Waals surface area contributed by atoms with Gasteiger partial charge in [-0.1, -0.05) is 46.6 Å². The summed E-state index contributed by atoms with van der Waals surface area (Å²) in [7, 11) is 4.69. The molecule has 1 saturated carbocycles. The number of hydrogen-bond acceptors (Lipinski definition) is 1. The maximum Gasteiger partial charge on any atom is 0.248 e. The molecule has 0 saturated heterocycles. The molecule has 4 heteroatoms. The first-order valence-corrected chi connectivity index (χ1v) is 10.9. The van der Waals surface area contributed by atoms with Crippen LogP contribution >= 0.6 is 15.9 Å². The zero-order chi connectivity index (χ0) is 20.0. The number of nitrogens with one attached hydrogen (secondary N) is 1. The van der Waals surface area contributed by atoms with E-state index in [1.807, 2.05) is 42.5 Å². The predicted molar refractivity (Wildman–Crippen MR) is 121 cm³/mol. The maximum atomic E-state index is 12.2. The summed E-state index contributed by atoms with van der Waals surface area (Å²) in [5.41, 5.74) is 3.14. The second-order valence-corrected chi connectivity index (χ2v) is 9.22. The number of amides is 1. The third-order valence-electron chi connectivity index (χ3n) is 5.65.